The van der Waals surface area contributed by atoms with Gasteiger partial charge in [0.25, 0.3) is 5.91 Å². The normalized spacial score (nSPS) is 12.6. The third-order valence-corrected chi connectivity index (χ3v) is 1.75. The number of amides is 1. The lowest BCUT2D eigenvalue weighted by molar-refractivity contribution is -0.151. The zero-order valence-electron chi connectivity index (χ0n) is 6.69. The van der Waals surface area contributed by atoms with Gasteiger partial charge in [-0.3, -0.25) is 14.6 Å². The predicted octanol–water partition coefficient (Wildman–Crippen LogP) is 1.08. The Hall–Kier alpha value is -1.97. The van der Waals surface area contributed by atoms with Crippen molar-refractivity contribution in [2.75, 3.05) is 0 Å². The molecule has 0 saturated heterocycles. The van der Waals surface area contributed by atoms with Gasteiger partial charge in [-0.1, -0.05) is 12.1 Å². The Morgan fingerprint density at radius 2 is 2.23 bits per heavy atom. The average molecular weight is 177 g/mol. The van der Waals surface area contributed by atoms with Crippen LogP contribution in [0.25, 0.3) is 6.08 Å². The molecule has 0 atom stereocenters. The van der Waals surface area contributed by atoms with E-state index in [4.69, 9.17) is 10.6 Å². The van der Waals surface area contributed by atoms with Crippen molar-refractivity contribution in [1.82, 2.24) is 0 Å². The van der Waals surface area contributed by atoms with Gasteiger partial charge in [0.2, 0.25) is 0 Å². The van der Waals surface area contributed by atoms with Crippen molar-refractivity contribution in [1.29, 1.82) is 0 Å². The summed E-state index contributed by atoms with van der Waals surface area (Å²) < 4.78 is 0. The van der Waals surface area contributed by atoms with Crippen molar-refractivity contribution in [2.45, 2.75) is 0 Å². The standard InChI is InChI=1S/C9H7NO3/c10-9(11)7-3-1-2-6-4-5-12-13-8(6)7/h1-5H,(H2,10,11). The second kappa shape index (κ2) is 2.82. The predicted molar refractivity (Wildman–Crippen MR) is 45.7 cm³/mol. The highest BCUT2D eigenvalue weighted by atomic mass is 17.2. The molecular formula is C9H7NO3. The van der Waals surface area contributed by atoms with Crippen LogP contribution in [0, 0.1) is 0 Å². The Kier molecular flexibility index (Phi) is 1.66. The smallest absolute Gasteiger partial charge is 0.252 e. The first-order valence-electron chi connectivity index (χ1n) is 3.72. The molecule has 1 heterocycles. The Morgan fingerprint density at radius 1 is 1.38 bits per heavy atom. The van der Waals surface area contributed by atoms with Crippen molar-refractivity contribution in [2.24, 2.45) is 5.73 Å². The maximum absolute atomic E-state index is 10.9. The van der Waals surface area contributed by atoms with Gasteiger partial charge in [-0.05, 0) is 12.1 Å². The summed E-state index contributed by atoms with van der Waals surface area (Å²) in [7, 11) is 0. The quantitative estimate of drug-likeness (QED) is 0.653. The van der Waals surface area contributed by atoms with Gasteiger partial charge in [-0.2, -0.15) is 0 Å². The molecular weight excluding hydrogens is 170 g/mol. The minimum atomic E-state index is -0.532. The maximum Gasteiger partial charge on any atom is 0.252 e. The molecule has 4 heteroatoms. The van der Waals surface area contributed by atoms with Crippen LogP contribution in [-0.2, 0) is 4.89 Å². The van der Waals surface area contributed by atoms with E-state index in [2.05, 4.69) is 4.89 Å². The van der Waals surface area contributed by atoms with Crippen LogP contribution in [0.15, 0.2) is 24.5 Å². The summed E-state index contributed by atoms with van der Waals surface area (Å²) in [5.74, 6) is -0.159. The van der Waals surface area contributed by atoms with Gasteiger partial charge in [0, 0.05) is 5.56 Å². The summed E-state index contributed by atoms with van der Waals surface area (Å²) >= 11 is 0. The lowest BCUT2D eigenvalue weighted by atomic mass is 10.1. The number of fused-ring (bicyclic) bond motifs is 1. The van der Waals surface area contributed by atoms with Crippen LogP contribution in [0.2, 0.25) is 0 Å². The van der Waals surface area contributed by atoms with E-state index in [1.54, 1.807) is 24.3 Å². The van der Waals surface area contributed by atoms with Crippen LogP contribution < -0.4 is 10.6 Å². The average Bonchev–Trinajstić information content (AvgIpc) is 2.17. The highest BCUT2D eigenvalue weighted by molar-refractivity contribution is 5.96. The van der Waals surface area contributed by atoms with E-state index in [9.17, 15) is 4.79 Å². The fourth-order valence-electron chi connectivity index (χ4n) is 1.15. The number of carbonyl (C=O) groups excluding carboxylic acids is 1. The van der Waals surface area contributed by atoms with E-state index in [1.165, 1.54) is 6.26 Å². The molecule has 0 bridgehead atoms. The zero-order chi connectivity index (χ0) is 9.26. The molecule has 0 aliphatic carbocycles. The summed E-state index contributed by atoms with van der Waals surface area (Å²) in [6.45, 7) is 0. The van der Waals surface area contributed by atoms with E-state index in [-0.39, 0.29) is 0 Å². The van der Waals surface area contributed by atoms with Crippen molar-refractivity contribution < 1.29 is 14.6 Å². The van der Waals surface area contributed by atoms with Crippen molar-refractivity contribution in [3.63, 3.8) is 0 Å². The van der Waals surface area contributed by atoms with Crippen molar-refractivity contribution in [3.05, 3.63) is 35.6 Å². The SMILES string of the molecule is NC(=O)c1cccc2c1OOC=C2. The van der Waals surface area contributed by atoms with Crippen LogP contribution >= 0.6 is 0 Å². The fraction of sp³-hybridized carbons (Fsp3) is 0. The van der Waals surface area contributed by atoms with Gasteiger partial charge >= 0.3 is 0 Å². The van der Waals surface area contributed by atoms with Gasteiger partial charge in [0.1, 0.15) is 6.26 Å². The molecule has 2 rings (SSSR count). The molecule has 4 nitrogen and oxygen atoms in total. The van der Waals surface area contributed by atoms with Gasteiger partial charge in [-0.25, -0.2) is 0 Å². The molecule has 0 radical (unpaired) electrons. The number of primary amides is 1. The largest absolute Gasteiger partial charge is 0.365 e. The number of rotatable bonds is 1. The van der Waals surface area contributed by atoms with E-state index < -0.39 is 5.91 Å². The summed E-state index contributed by atoms with van der Waals surface area (Å²) in [4.78, 5) is 20.4. The first-order chi connectivity index (χ1) is 6.29. The summed E-state index contributed by atoms with van der Waals surface area (Å²) in [6.07, 6.45) is 3.10. The van der Waals surface area contributed by atoms with Crippen LogP contribution in [0.4, 0.5) is 0 Å². The number of hydrogen-bond donors (Lipinski definition) is 1. The second-order valence-corrected chi connectivity index (χ2v) is 2.57. The van der Waals surface area contributed by atoms with Crippen LogP contribution in [0.1, 0.15) is 15.9 Å². The maximum atomic E-state index is 10.9. The molecule has 66 valence electrons. The lowest BCUT2D eigenvalue weighted by Crippen LogP contribution is -2.14. The molecule has 1 aromatic carbocycles. The van der Waals surface area contributed by atoms with E-state index >= 15 is 0 Å². The molecule has 2 N–H and O–H groups in total. The first kappa shape index (κ1) is 7.67. The Bertz CT molecular complexity index is 384. The molecule has 1 aliphatic heterocycles. The highest BCUT2D eigenvalue weighted by Gasteiger charge is 2.15. The summed E-state index contributed by atoms with van der Waals surface area (Å²) in [6, 6.07) is 5.13. The molecule has 0 fully saturated rings. The lowest BCUT2D eigenvalue weighted by Gasteiger charge is -2.12. The Labute approximate surface area is 74.5 Å². The summed E-state index contributed by atoms with van der Waals surface area (Å²) in [5.41, 5.74) is 6.24. The number of hydrogen-bond acceptors (Lipinski definition) is 3. The van der Waals surface area contributed by atoms with Crippen LogP contribution in [0.3, 0.4) is 0 Å². The molecule has 0 spiro atoms. The number of nitrogens with two attached hydrogens (primary N) is 1. The molecule has 0 aromatic heterocycles. The van der Waals surface area contributed by atoms with Gasteiger partial charge in [0.05, 0.1) is 5.56 Å². The summed E-state index contributed by atoms with van der Waals surface area (Å²) in [5, 5.41) is 0. The minimum absolute atomic E-state index is 0.321. The number of benzene rings is 1. The molecule has 0 saturated carbocycles. The third-order valence-electron chi connectivity index (χ3n) is 1.75. The van der Waals surface area contributed by atoms with Crippen molar-refractivity contribution >= 4 is 12.0 Å². The highest BCUT2D eigenvalue weighted by Crippen LogP contribution is 2.27. The second-order valence-electron chi connectivity index (χ2n) is 2.57. The van der Waals surface area contributed by atoms with Crippen molar-refractivity contribution in [3.8, 4) is 5.75 Å². The van der Waals surface area contributed by atoms with E-state index in [0.717, 1.165) is 5.56 Å². The zero-order valence-corrected chi connectivity index (χ0v) is 6.69. The minimum Gasteiger partial charge on any atom is -0.365 e. The van der Waals surface area contributed by atoms with E-state index in [1.807, 2.05) is 0 Å². The molecule has 1 amide bonds. The molecule has 0 unspecified atom stereocenters. The molecule has 13 heavy (non-hydrogen) atoms. The first-order valence-corrected chi connectivity index (χ1v) is 3.72. The fourth-order valence-corrected chi connectivity index (χ4v) is 1.15. The Morgan fingerprint density at radius 3 is 3.00 bits per heavy atom. The third kappa shape index (κ3) is 1.22. The number of para-hydroxylation sites is 1. The van der Waals surface area contributed by atoms with Crippen LogP contribution in [-0.4, -0.2) is 5.91 Å². The van der Waals surface area contributed by atoms with Crippen LogP contribution in [0.5, 0.6) is 5.75 Å². The molecule has 1 aromatic rings. The Balaban J connectivity index is 2.59. The van der Waals surface area contributed by atoms with E-state index in [0.29, 0.717) is 11.3 Å². The topological polar surface area (TPSA) is 61.6 Å². The van der Waals surface area contributed by atoms with Gasteiger partial charge < -0.3 is 5.73 Å². The monoisotopic (exact) mass is 177 g/mol. The van der Waals surface area contributed by atoms with Gasteiger partial charge in [-0.15, -0.1) is 0 Å². The number of carbonyl (C=O) groups is 1. The van der Waals surface area contributed by atoms with Gasteiger partial charge in [0.15, 0.2) is 5.75 Å². The molecule has 1 aliphatic rings.